The molecule has 0 aliphatic heterocycles. The van der Waals surface area contributed by atoms with E-state index in [1.54, 1.807) is 0 Å². The van der Waals surface area contributed by atoms with Crippen molar-refractivity contribution in [2.24, 2.45) is 11.8 Å². The molecule has 0 spiro atoms. The second kappa shape index (κ2) is 48.9. The minimum Gasteiger partial charge on any atom is -0.462 e. The Hall–Kier alpha value is -1.59. The van der Waals surface area contributed by atoms with Crippen molar-refractivity contribution in [1.29, 1.82) is 0 Å². The lowest BCUT2D eigenvalue weighted by molar-refractivity contribution is -0.167. The van der Waals surface area contributed by atoms with Crippen LogP contribution in [0.25, 0.3) is 0 Å². The number of esters is 3. The SMILES string of the molecule is CCCCCCCCCCCCCCCC(=O)OC[C@H](COC(=O)CCCCCCCCCCCCCCCCC(C)CC)OC(=O)CCCCCCCCCCCCC(C)C. The van der Waals surface area contributed by atoms with Crippen LogP contribution in [0.15, 0.2) is 0 Å². The van der Waals surface area contributed by atoms with Crippen LogP contribution in [0.2, 0.25) is 0 Å². The molecule has 6 heteroatoms. The van der Waals surface area contributed by atoms with Crippen molar-refractivity contribution in [1.82, 2.24) is 0 Å². The van der Waals surface area contributed by atoms with E-state index in [0.29, 0.717) is 19.3 Å². The molecule has 0 saturated heterocycles. The second-order valence-electron chi connectivity index (χ2n) is 19.9. The number of unbranched alkanes of at least 4 members (excludes halogenated alkanes) is 34. The molecule has 0 heterocycles. The third kappa shape index (κ3) is 47.9. The van der Waals surface area contributed by atoms with Crippen LogP contribution < -0.4 is 0 Å². The van der Waals surface area contributed by atoms with Crippen LogP contribution in [-0.4, -0.2) is 37.2 Å². The van der Waals surface area contributed by atoms with Crippen molar-refractivity contribution in [3.63, 3.8) is 0 Å². The maximum Gasteiger partial charge on any atom is 0.306 e. The van der Waals surface area contributed by atoms with Gasteiger partial charge in [-0.25, -0.2) is 0 Å². The molecule has 0 aliphatic rings. The average molecular weight is 877 g/mol. The van der Waals surface area contributed by atoms with E-state index in [9.17, 15) is 14.4 Å². The van der Waals surface area contributed by atoms with Gasteiger partial charge in [0.1, 0.15) is 13.2 Å². The van der Waals surface area contributed by atoms with Crippen LogP contribution in [0.4, 0.5) is 0 Å². The first-order valence-electron chi connectivity index (χ1n) is 27.8. The molecule has 0 N–H and O–H groups in total. The standard InChI is InChI=1S/C56H108O6/c1-6-8-9-10-11-12-13-16-20-26-31-36-41-46-54(57)60-49-53(62-56(59)48-43-38-33-28-23-22-24-29-34-39-44-51(3)4)50-61-55(58)47-42-37-32-27-21-18-15-14-17-19-25-30-35-40-45-52(5)7-2/h51-53H,6-50H2,1-5H3/t52?,53-/m1/s1. The van der Waals surface area contributed by atoms with E-state index in [1.807, 2.05) is 0 Å². The first kappa shape index (κ1) is 60.4. The van der Waals surface area contributed by atoms with Gasteiger partial charge in [0.25, 0.3) is 0 Å². The molecule has 0 fully saturated rings. The summed E-state index contributed by atoms with van der Waals surface area (Å²) in [6.45, 7) is 11.4. The largest absolute Gasteiger partial charge is 0.462 e. The molecule has 0 radical (unpaired) electrons. The van der Waals surface area contributed by atoms with Gasteiger partial charge < -0.3 is 14.2 Å². The molecule has 0 aliphatic carbocycles. The molecule has 0 bridgehead atoms. The van der Waals surface area contributed by atoms with Gasteiger partial charge in [-0.05, 0) is 31.1 Å². The minimum absolute atomic E-state index is 0.0632. The van der Waals surface area contributed by atoms with Crippen molar-refractivity contribution < 1.29 is 28.6 Å². The summed E-state index contributed by atoms with van der Waals surface area (Å²) in [7, 11) is 0. The number of ether oxygens (including phenoxy) is 3. The van der Waals surface area contributed by atoms with Crippen LogP contribution in [-0.2, 0) is 28.6 Å². The summed E-state index contributed by atoms with van der Waals surface area (Å²) < 4.78 is 16.9. The fourth-order valence-corrected chi connectivity index (χ4v) is 8.49. The lowest BCUT2D eigenvalue weighted by atomic mass is 9.99. The molecule has 368 valence electrons. The van der Waals surface area contributed by atoms with Crippen molar-refractivity contribution in [2.75, 3.05) is 13.2 Å². The van der Waals surface area contributed by atoms with E-state index in [4.69, 9.17) is 14.2 Å². The predicted molar refractivity (Wildman–Crippen MR) is 266 cm³/mol. The van der Waals surface area contributed by atoms with E-state index < -0.39 is 6.10 Å². The van der Waals surface area contributed by atoms with Crippen LogP contribution in [0, 0.1) is 11.8 Å². The van der Waals surface area contributed by atoms with E-state index in [0.717, 1.165) is 69.6 Å². The summed E-state index contributed by atoms with van der Waals surface area (Å²) in [5.74, 6) is 0.869. The average Bonchev–Trinajstić information content (AvgIpc) is 3.26. The first-order valence-corrected chi connectivity index (χ1v) is 27.8. The van der Waals surface area contributed by atoms with Crippen LogP contribution >= 0.6 is 0 Å². The van der Waals surface area contributed by atoms with Crippen LogP contribution in [0.3, 0.4) is 0 Å². The Morgan fingerprint density at radius 1 is 0.339 bits per heavy atom. The highest BCUT2D eigenvalue weighted by Crippen LogP contribution is 2.18. The van der Waals surface area contributed by atoms with Gasteiger partial charge >= 0.3 is 17.9 Å². The van der Waals surface area contributed by atoms with Crippen molar-refractivity contribution >= 4 is 17.9 Å². The first-order chi connectivity index (χ1) is 30.3. The zero-order chi connectivity index (χ0) is 45.4. The predicted octanol–water partition coefficient (Wildman–Crippen LogP) is 18.1. The Kier molecular flexibility index (Phi) is 47.6. The molecule has 0 aromatic rings. The normalized spacial score (nSPS) is 12.5. The summed E-state index contributed by atoms with van der Waals surface area (Å²) >= 11 is 0. The number of carbonyl (C=O) groups is 3. The van der Waals surface area contributed by atoms with Crippen LogP contribution in [0.1, 0.15) is 311 Å². The highest BCUT2D eigenvalue weighted by atomic mass is 16.6. The molecule has 0 saturated carbocycles. The summed E-state index contributed by atoms with van der Waals surface area (Å²) in [4.78, 5) is 38.0. The van der Waals surface area contributed by atoms with Gasteiger partial charge in [0.2, 0.25) is 0 Å². The molecule has 0 amide bonds. The number of rotatable bonds is 50. The Morgan fingerprint density at radius 3 is 0.919 bits per heavy atom. The van der Waals surface area contributed by atoms with Gasteiger partial charge in [0.05, 0.1) is 0 Å². The quantitative estimate of drug-likeness (QED) is 0.0344. The number of hydrogen-bond donors (Lipinski definition) is 0. The maximum absolute atomic E-state index is 12.8. The second-order valence-corrected chi connectivity index (χ2v) is 19.9. The number of carbonyl (C=O) groups excluding carboxylic acids is 3. The fourth-order valence-electron chi connectivity index (χ4n) is 8.49. The van der Waals surface area contributed by atoms with Gasteiger partial charge in [-0.3, -0.25) is 14.4 Å². The smallest absolute Gasteiger partial charge is 0.306 e. The Bertz CT molecular complexity index is 949. The molecule has 1 unspecified atom stereocenters. The monoisotopic (exact) mass is 877 g/mol. The van der Waals surface area contributed by atoms with Crippen LogP contribution in [0.5, 0.6) is 0 Å². The maximum atomic E-state index is 12.8. The third-order valence-corrected chi connectivity index (χ3v) is 13.1. The summed E-state index contributed by atoms with van der Waals surface area (Å²) in [6, 6.07) is 0. The highest BCUT2D eigenvalue weighted by molar-refractivity contribution is 5.71. The van der Waals surface area contributed by atoms with Crippen molar-refractivity contribution in [3.8, 4) is 0 Å². The van der Waals surface area contributed by atoms with Crippen molar-refractivity contribution in [3.05, 3.63) is 0 Å². The summed E-state index contributed by atoms with van der Waals surface area (Å²) in [6.07, 6.45) is 50.8. The molecular weight excluding hydrogens is 769 g/mol. The zero-order valence-corrected chi connectivity index (χ0v) is 42.5. The minimum atomic E-state index is -0.762. The van der Waals surface area contributed by atoms with Crippen molar-refractivity contribution in [2.45, 2.75) is 317 Å². The molecule has 62 heavy (non-hydrogen) atoms. The van der Waals surface area contributed by atoms with Gasteiger partial charge in [-0.1, -0.05) is 272 Å². The lowest BCUT2D eigenvalue weighted by Gasteiger charge is -2.18. The fraction of sp³-hybridized carbons (Fsp3) is 0.946. The molecular formula is C56H108O6. The molecule has 2 atom stereocenters. The summed E-state index contributed by atoms with van der Waals surface area (Å²) in [5.41, 5.74) is 0. The number of hydrogen-bond acceptors (Lipinski definition) is 6. The molecule has 0 aromatic heterocycles. The summed E-state index contributed by atoms with van der Waals surface area (Å²) in [5, 5.41) is 0. The van der Waals surface area contributed by atoms with Gasteiger partial charge in [0, 0.05) is 19.3 Å². The van der Waals surface area contributed by atoms with E-state index in [2.05, 4.69) is 34.6 Å². The highest BCUT2D eigenvalue weighted by Gasteiger charge is 2.19. The van der Waals surface area contributed by atoms with E-state index in [-0.39, 0.29) is 31.1 Å². The Balaban J connectivity index is 4.28. The zero-order valence-electron chi connectivity index (χ0n) is 42.5. The van der Waals surface area contributed by atoms with E-state index in [1.165, 1.54) is 199 Å². The lowest BCUT2D eigenvalue weighted by Crippen LogP contribution is -2.30. The Labute approximate surface area is 387 Å². The molecule has 6 nitrogen and oxygen atoms in total. The topological polar surface area (TPSA) is 78.9 Å². The Morgan fingerprint density at radius 2 is 0.613 bits per heavy atom. The third-order valence-electron chi connectivity index (χ3n) is 13.1. The van der Waals surface area contributed by atoms with Gasteiger partial charge in [-0.15, -0.1) is 0 Å². The molecule has 0 rings (SSSR count). The van der Waals surface area contributed by atoms with Gasteiger partial charge in [0.15, 0.2) is 6.10 Å². The van der Waals surface area contributed by atoms with Gasteiger partial charge in [-0.2, -0.15) is 0 Å². The van der Waals surface area contributed by atoms with E-state index >= 15 is 0 Å². The molecule has 0 aromatic carbocycles.